The Morgan fingerprint density at radius 3 is 3.03 bits per heavy atom. The van der Waals surface area contributed by atoms with Crippen molar-refractivity contribution in [2.75, 3.05) is 25.0 Å². The monoisotopic (exact) mass is 391 g/mol. The van der Waals surface area contributed by atoms with Crippen molar-refractivity contribution in [2.45, 2.75) is 12.8 Å². The lowest BCUT2D eigenvalue weighted by Crippen LogP contribution is -2.06. The van der Waals surface area contributed by atoms with E-state index in [2.05, 4.69) is 32.2 Å². The summed E-state index contributed by atoms with van der Waals surface area (Å²) in [6.45, 7) is 4.84. The lowest BCUT2D eigenvalue weighted by molar-refractivity contribution is 0.299. The van der Waals surface area contributed by atoms with E-state index in [0.717, 1.165) is 23.2 Å². The summed E-state index contributed by atoms with van der Waals surface area (Å²) >= 11 is 0. The normalized spacial score (nSPS) is 12.0. The molecule has 0 saturated carbocycles. The first kappa shape index (κ1) is 20.4. The molecule has 150 valence electrons. The van der Waals surface area contributed by atoms with Crippen molar-refractivity contribution in [1.82, 2.24) is 25.0 Å². The van der Waals surface area contributed by atoms with Gasteiger partial charge in [-0.1, -0.05) is 41.7 Å². The van der Waals surface area contributed by atoms with Crippen molar-refractivity contribution < 1.29 is 5.11 Å². The molecule has 8 heteroatoms. The third-order valence-corrected chi connectivity index (χ3v) is 4.24. The number of anilines is 1. The number of aromatic nitrogens is 5. The van der Waals surface area contributed by atoms with E-state index >= 15 is 0 Å². The number of benzene rings is 1. The van der Waals surface area contributed by atoms with Crippen molar-refractivity contribution in [2.24, 2.45) is 5.73 Å². The molecule has 0 saturated heterocycles. The molecule has 3 aromatic rings. The standard InChI is InChI=1S/C21H25N7O/c1-2-3-6-17(14-22)8-5-11-23-21-24-15-19-20(25-21)28(27-26-19)18-9-4-7-16(13-18)10-12-29/h2,4-9,13,15,29H,1,3,10-12,14,22H2,(H,23,24,25)/b8-5-,17-6+. The Bertz CT molecular complexity index is 1020. The molecule has 0 aliphatic carbocycles. The molecule has 0 fully saturated rings. The van der Waals surface area contributed by atoms with Crippen molar-refractivity contribution in [3.63, 3.8) is 0 Å². The number of aliphatic hydroxyl groups is 1. The Morgan fingerprint density at radius 2 is 2.24 bits per heavy atom. The summed E-state index contributed by atoms with van der Waals surface area (Å²) in [6.07, 6.45) is 10.9. The number of nitrogens with two attached hydrogens (primary N) is 1. The van der Waals surface area contributed by atoms with Gasteiger partial charge in [0.1, 0.15) is 0 Å². The molecule has 0 atom stereocenters. The van der Waals surface area contributed by atoms with E-state index in [1.165, 1.54) is 0 Å². The molecule has 8 nitrogen and oxygen atoms in total. The van der Waals surface area contributed by atoms with E-state index in [9.17, 15) is 0 Å². The minimum Gasteiger partial charge on any atom is -0.396 e. The predicted octanol–water partition coefficient (Wildman–Crippen LogP) is 2.17. The van der Waals surface area contributed by atoms with Crippen molar-refractivity contribution >= 4 is 17.1 Å². The zero-order valence-corrected chi connectivity index (χ0v) is 16.2. The SMILES string of the molecule is C=CC/C=C(\C=C/CNc1ncc2nnn(-c3cccc(CCO)c3)c2n1)CN. The van der Waals surface area contributed by atoms with E-state index in [4.69, 9.17) is 10.8 Å². The Kier molecular flexibility index (Phi) is 7.21. The summed E-state index contributed by atoms with van der Waals surface area (Å²) < 4.78 is 1.67. The van der Waals surface area contributed by atoms with Crippen molar-refractivity contribution in [3.05, 3.63) is 72.5 Å². The predicted molar refractivity (Wildman–Crippen MR) is 115 cm³/mol. The summed E-state index contributed by atoms with van der Waals surface area (Å²) in [5, 5.41) is 20.7. The number of rotatable bonds is 10. The van der Waals surface area contributed by atoms with Gasteiger partial charge >= 0.3 is 0 Å². The third kappa shape index (κ3) is 5.34. The lowest BCUT2D eigenvalue weighted by Gasteiger charge is -2.05. The highest BCUT2D eigenvalue weighted by Gasteiger charge is 2.10. The fourth-order valence-corrected chi connectivity index (χ4v) is 2.77. The van der Waals surface area contributed by atoms with Crippen LogP contribution in [0, 0.1) is 0 Å². The smallest absolute Gasteiger partial charge is 0.225 e. The fraction of sp³-hybridized carbons (Fsp3) is 0.238. The van der Waals surface area contributed by atoms with Gasteiger partial charge in [0.25, 0.3) is 0 Å². The van der Waals surface area contributed by atoms with Crippen LogP contribution in [0.5, 0.6) is 0 Å². The van der Waals surface area contributed by atoms with Gasteiger partial charge < -0.3 is 16.2 Å². The molecule has 2 aromatic heterocycles. The molecule has 2 heterocycles. The average Bonchev–Trinajstić information content (AvgIpc) is 3.17. The van der Waals surface area contributed by atoms with E-state index < -0.39 is 0 Å². The van der Waals surface area contributed by atoms with Crippen LogP contribution in [0.3, 0.4) is 0 Å². The van der Waals surface area contributed by atoms with Gasteiger partial charge in [-0.3, -0.25) is 0 Å². The van der Waals surface area contributed by atoms with Gasteiger partial charge in [0, 0.05) is 19.7 Å². The molecule has 0 spiro atoms. The molecule has 3 rings (SSSR count). The van der Waals surface area contributed by atoms with Gasteiger partial charge in [0.15, 0.2) is 11.2 Å². The molecule has 0 amide bonds. The highest BCUT2D eigenvalue weighted by atomic mass is 16.2. The quantitative estimate of drug-likeness (QED) is 0.358. The van der Waals surface area contributed by atoms with Gasteiger partial charge in [0.05, 0.1) is 11.9 Å². The second-order valence-corrected chi connectivity index (χ2v) is 6.34. The van der Waals surface area contributed by atoms with Crippen LogP contribution in [-0.2, 0) is 6.42 Å². The van der Waals surface area contributed by atoms with Crippen molar-refractivity contribution in [3.8, 4) is 5.69 Å². The largest absolute Gasteiger partial charge is 0.396 e. The topological polar surface area (TPSA) is 115 Å². The van der Waals surface area contributed by atoms with E-state index in [0.29, 0.717) is 36.6 Å². The molecular formula is C21H25N7O. The number of hydrogen-bond acceptors (Lipinski definition) is 7. The Morgan fingerprint density at radius 1 is 1.34 bits per heavy atom. The van der Waals surface area contributed by atoms with Crippen LogP contribution in [0.25, 0.3) is 16.9 Å². The van der Waals surface area contributed by atoms with Crippen LogP contribution in [0.1, 0.15) is 12.0 Å². The molecule has 0 aliphatic rings. The van der Waals surface area contributed by atoms with Gasteiger partial charge in [-0.15, -0.1) is 11.7 Å². The first-order chi connectivity index (χ1) is 14.2. The number of fused-ring (bicyclic) bond motifs is 1. The van der Waals surface area contributed by atoms with Crippen LogP contribution in [-0.4, -0.2) is 49.8 Å². The summed E-state index contributed by atoms with van der Waals surface area (Å²) in [6, 6.07) is 7.78. The van der Waals surface area contributed by atoms with Crippen LogP contribution in [0.15, 0.2) is 66.9 Å². The molecule has 0 aliphatic heterocycles. The Labute approximate surface area is 169 Å². The molecule has 1 aromatic carbocycles. The number of nitrogens with zero attached hydrogens (tertiary/aromatic N) is 5. The Hall–Kier alpha value is -3.36. The zero-order valence-electron chi connectivity index (χ0n) is 16.2. The molecule has 4 N–H and O–H groups in total. The average molecular weight is 391 g/mol. The van der Waals surface area contributed by atoms with Crippen LogP contribution in [0.2, 0.25) is 0 Å². The minimum atomic E-state index is 0.0972. The lowest BCUT2D eigenvalue weighted by atomic mass is 10.1. The van der Waals surface area contributed by atoms with Crippen LogP contribution >= 0.6 is 0 Å². The number of hydrogen-bond donors (Lipinski definition) is 3. The van der Waals surface area contributed by atoms with Gasteiger partial charge in [0.2, 0.25) is 5.95 Å². The van der Waals surface area contributed by atoms with E-state index in [-0.39, 0.29) is 6.61 Å². The summed E-state index contributed by atoms with van der Waals surface area (Å²) in [4.78, 5) is 8.84. The number of nitrogens with one attached hydrogen (secondary N) is 1. The first-order valence-electron chi connectivity index (χ1n) is 9.44. The zero-order chi connectivity index (χ0) is 20.5. The van der Waals surface area contributed by atoms with Gasteiger partial charge in [-0.25, -0.2) is 4.98 Å². The summed E-state index contributed by atoms with van der Waals surface area (Å²) in [5.41, 5.74) is 9.85. The maximum absolute atomic E-state index is 9.16. The maximum Gasteiger partial charge on any atom is 0.225 e. The first-order valence-corrected chi connectivity index (χ1v) is 9.44. The maximum atomic E-state index is 9.16. The second kappa shape index (κ2) is 10.3. The molecule has 0 unspecified atom stereocenters. The van der Waals surface area contributed by atoms with Gasteiger partial charge in [-0.05, 0) is 36.1 Å². The van der Waals surface area contributed by atoms with Gasteiger partial charge in [-0.2, -0.15) is 9.67 Å². The van der Waals surface area contributed by atoms with Crippen LogP contribution in [0.4, 0.5) is 5.95 Å². The van der Waals surface area contributed by atoms with E-state index in [1.807, 2.05) is 48.6 Å². The third-order valence-electron chi connectivity index (χ3n) is 4.24. The number of aliphatic hydroxyl groups excluding tert-OH is 1. The minimum absolute atomic E-state index is 0.0972. The van der Waals surface area contributed by atoms with Crippen molar-refractivity contribution in [1.29, 1.82) is 0 Å². The Balaban J connectivity index is 1.75. The second-order valence-electron chi connectivity index (χ2n) is 6.34. The highest BCUT2D eigenvalue weighted by molar-refractivity contribution is 5.72. The summed E-state index contributed by atoms with van der Waals surface area (Å²) in [7, 11) is 0. The molecule has 29 heavy (non-hydrogen) atoms. The highest BCUT2D eigenvalue weighted by Crippen LogP contribution is 2.16. The number of allylic oxidation sites excluding steroid dienone is 2. The fourth-order valence-electron chi connectivity index (χ4n) is 2.77. The van der Waals surface area contributed by atoms with Crippen LogP contribution < -0.4 is 11.1 Å². The molecule has 0 radical (unpaired) electrons. The molecular weight excluding hydrogens is 366 g/mol. The summed E-state index contributed by atoms with van der Waals surface area (Å²) in [5.74, 6) is 0.488. The molecule has 0 bridgehead atoms. The van der Waals surface area contributed by atoms with E-state index in [1.54, 1.807) is 10.9 Å².